The monoisotopic (exact) mass is 483 g/mol. The molecule has 0 radical (unpaired) electrons. The van der Waals surface area contributed by atoms with Crippen LogP contribution in [-0.2, 0) is 24.8 Å². The van der Waals surface area contributed by atoms with Crippen molar-refractivity contribution in [2.24, 2.45) is 7.05 Å². The molecule has 1 aromatic heterocycles. The number of nitrogens with zero attached hydrogens (tertiary/aromatic N) is 1. The summed E-state index contributed by atoms with van der Waals surface area (Å²) in [6.45, 7) is 0.121. The van der Waals surface area contributed by atoms with Crippen molar-refractivity contribution in [2.75, 3.05) is 0 Å². The van der Waals surface area contributed by atoms with Gasteiger partial charge in [-0.1, -0.05) is 54.1 Å². The van der Waals surface area contributed by atoms with Crippen LogP contribution >= 0.6 is 11.6 Å². The Morgan fingerprint density at radius 1 is 0.971 bits per heavy atom. The summed E-state index contributed by atoms with van der Waals surface area (Å²) in [6.07, 6.45) is 0.0230. The SMILES string of the molecule is Cn1c(CNC(=O)Cc2cccc(C(=O)O)c2)c(-c2ccccc2)c2cc(Cl)ccc2c1=O.[Na+]. The molecule has 0 saturated carbocycles. The molecule has 0 bridgehead atoms. The average molecular weight is 484 g/mol. The largest absolute Gasteiger partial charge is 1.00 e. The molecule has 2 N–H and O–H groups in total. The first-order chi connectivity index (χ1) is 15.8. The number of carbonyl (C=O) groups excluding carboxylic acids is 1. The van der Waals surface area contributed by atoms with Crippen molar-refractivity contribution < 1.29 is 44.3 Å². The van der Waals surface area contributed by atoms with Crippen LogP contribution in [0, 0.1) is 0 Å². The van der Waals surface area contributed by atoms with E-state index in [0.717, 1.165) is 16.5 Å². The van der Waals surface area contributed by atoms with Crippen molar-refractivity contribution in [2.45, 2.75) is 13.0 Å². The van der Waals surface area contributed by atoms with Crippen LogP contribution in [0.15, 0.2) is 77.6 Å². The fourth-order valence-electron chi connectivity index (χ4n) is 3.91. The summed E-state index contributed by atoms with van der Waals surface area (Å²) in [5, 5.41) is 13.8. The maximum absolute atomic E-state index is 13.0. The number of nitrogens with one attached hydrogen (secondary N) is 1. The molecule has 6 nitrogen and oxygen atoms in total. The number of carbonyl (C=O) groups is 2. The molecule has 0 fully saturated rings. The zero-order valence-electron chi connectivity index (χ0n) is 18.8. The van der Waals surface area contributed by atoms with E-state index in [2.05, 4.69) is 5.32 Å². The van der Waals surface area contributed by atoms with E-state index in [0.29, 0.717) is 21.7 Å². The molecule has 4 rings (SSSR count). The molecule has 1 amide bonds. The molecular weight excluding hydrogens is 463 g/mol. The summed E-state index contributed by atoms with van der Waals surface area (Å²) in [7, 11) is 1.68. The minimum absolute atomic E-state index is 0. The molecule has 0 aliphatic carbocycles. The third-order valence-electron chi connectivity index (χ3n) is 5.53. The van der Waals surface area contributed by atoms with Crippen LogP contribution in [-0.4, -0.2) is 21.6 Å². The quantitative estimate of drug-likeness (QED) is 0.406. The molecule has 0 atom stereocenters. The number of amides is 1. The van der Waals surface area contributed by atoms with E-state index in [1.807, 2.05) is 30.3 Å². The topological polar surface area (TPSA) is 88.4 Å². The molecule has 0 spiro atoms. The van der Waals surface area contributed by atoms with Crippen LogP contribution in [0.1, 0.15) is 21.6 Å². The van der Waals surface area contributed by atoms with Crippen molar-refractivity contribution >= 4 is 34.2 Å². The van der Waals surface area contributed by atoms with Crippen LogP contribution in [0.3, 0.4) is 0 Å². The smallest absolute Gasteiger partial charge is 0.478 e. The van der Waals surface area contributed by atoms with Gasteiger partial charge >= 0.3 is 35.5 Å². The van der Waals surface area contributed by atoms with Crippen molar-refractivity contribution in [1.29, 1.82) is 0 Å². The van der Waals surface area contributed by atoms with Crippen LogP contribution in [0.5, 0.6) is 0 Å². The number of fused-ring (bicyclic) bond motifs is 1. The normalized spacial score (nSPS) is 10.5. The van der Waals surface area contributed by atoms with Crippen LogP contribution in [0.4, 0.5) is 0 Å². The minimum Gasteiger partial charge on any atom is -0.478 e. The third kappa shape index (κ3) is 5.42. The molecule has 0 saturated heterocycles. The molecule has 166 valence electrons. The second kappa shape index (κ2) is 11.0. The maximum Gasteiger partial charge on any atom is 1.00 e. The van der Waals surface area contributed by atoms with Crippen LogP contribution in [0.25, 0.3) is 21.9 Å². The van der Waals surface area contributed by atoms with Gasteiger partial charge < -0.3 is 15.0 Å². The van der Waals surface area contributed by atoms with E-state index < -0.39 is 5.97 Å². The Morgan fingerprint density at radius 2 is 1.71 bits per heavy atom. The number of aromatic nitrogens is 1. The first-order valence-corrected chi connectivity index (χ1v) is 10.7. The van der Waals surface area contributed by atoms with E-state index in [9.17, 15) is 14.4 Å². The zero-order chi connectivity index (χ0) is 23.5. The van der Waals surface area contributed by atoms with Gasteiger partial charge in [-0.05, 0) is 46.8 Å². The van der Waals surface area contributed by atoms with Crippen molar-refractivity contribution in [1.82, 2.24) is 9.88 Å². The zero-order valence-corrected chi connectivity index (χ0v) is 21.6. The summed E-state index contributed by atoms with van der Waals surface area (Å²) in [5.41, 5.74) is 2.91. The van der Waals surface area contributed by atoms with E-state index in [1.54, 1.807) is 41.9 Å². The Bertz CT molecular complexity index is 1430. The van der Waals surface area contributed by atoms with E-state index in [4.69, 9.17) is 16.7 Å². The number of aromatic carboxylic acids is 1. The first kappa shape index (κ1) is 25.7. The second-order valence-corrected chi connectivity index (χ2v) is 8.14. The number of carboxylic acids is 1. The van der Waals surface area contributed by atoms with E-state index in [-0.39, 0.29) is 59.6 Å². The van der Waals surface area contributed by atoms with Gasteiger partial charge in [0.25, 0.3) is 5.56 Å². The van der Waals surface area contributed by atoms with Gasteiger partial charge in [0.05, 0.1) is 18.5 Å². The summed E-state index contributed by atoms with van der Waals surface area (Å²) in [5.74, 6) is -1.33. The number of hydrogen-bond acceptors (Lipinski definition) is 3. The number of halogens is 1. The van der Waals surface area contributed by atoms with E-state index in [1.165, 1.54) is 12.1 Å². The molecule has 34 heavy (non-hydrogen) atoms. The van der Waals surface area contributed by atoms with Crippen molar-refractivity contribution in [3.05, 3.63) is 105 Å². The average Bonchev–Trinajstić information content (AvgIpc) is 2.81. The fraction of sp³-hybridized carbons (Fsp3) is 0.115. The Kier molecular flexibility index (Phi) is 8.33. The molecule has 8 heteroatoms. The summed E-state index contributed by atoms with van der Waals surface area (Å²) >= 11 is 6.26. The molecule has 0 aliphatic rings. The molecule has 1 heterocycles. The number of rotatable bonds is 6. The Balaban J connectivity index is 0.00000324. The maximum atomic E-state index is 13.0. The summed E-state index contributed by atoms with van der Waals surface area (Å²) in [6, 6.07) is 21.1. The minimum atomic E-state index is -1.05. The molecular formula is C26H21ClN2NaO4+. The number of benzene rings is 3. The Labute approximate surface area is 223 Å². The van der Waals surface area contributed by atoms with Gasteiger partial charge in [-0.2, -0.15) is 0 Å². The Morgan fingerprint density at radius 3 is 2.41 bits per heavy atom. The molecule has 4 aromatic rings. The predicted octanol–water partition coefficient (Wildman–Crippen LogP) is 1.42. The van der Waals surface area contributed by atoms with Gasteiger partial charge in [-0.15, -0.1) is 0 Å². The fourth-order valence-corrected chi connectivity index (χ4v) is 4.09. The van der Waals surface area contributed by atoms with Gasteiger partial charge in [0.2, 0.25) is 5.91 Å². The van der Waals surface area contributed by atoms with Gasteiger partial charge in [0.15, 0.2) is 0 Å². The molecule has 3 aromatic carbocycles. The second-order valence-electron chi connectivity index (χ2n) is 7.70. The van der Waals surface area contributed by atoms with Crippen LogP contribution in [0.2, 0.25) is 5.02 Å². The van der Waals surface area contributed by atoms with Crippen LogP contribution < -0.4 is 40.4 Å². The first-order valence-electron chi connectivity index (χ1n) is 10.3. The van der Waals surface area contributed by atoms with Gasteiger partial charge in [0.1, 0.15) is 0 Å². The third-order valence-corrected chi connectivity index (χ3v) is 5.77. The number of carboxylic acid groups (broad SMARTS) is 1. The van der Waals surface area contributed by atoms with Gasteiger partial charge in [0, 0.05) is 28.7 Å². The molecule has 0 unspecified atom stereocenters. The summed E-state index contributed by atoms with van der Waals surface area (Å²) in [4.78, 5) is 36.9. The standard InChI is InChI=1S/C26H21ClN2O4.Na/c1-29-22(15-28-23(30)13-16-6-5-9-18(12-16)26(32)33)24(17-7-3-2-4-8-17)21-14-19(27)10-11-20(21)25(29)31;/h2-12,14H,13,15H2,1H3,(H,28,30)(H,32,33);/q;+1. The predicted molar refractivity (Wildman–Crippen MR) is 129 cm³/mol. The number of pyridine rings is 1. The van der Waals surface area contributed by atoms with E-state index >= 15 is 0 Å². The van der Waals surface area contributed by atoms with Gasteiger partial charge in [-0.25, -0.2) is 4.79 Å². The molecule has 0 aliphatic heterocycles. The Hall–Kier alpha value is -2.90. The van der Waals surface area contributed by atoms with Gasteiger partial charge in [-0.3, -0.25) is 9.59 Å². The van der Waals surface area contributed by atoms with Crippen molar-refractivity contribution in [3.8, 4) is 11.1 Å². The number of hydrogen-bond donors (Lipinski definition) is 2. The van der Waals surface area contributed by atoms with Crippen molar-refractivity contribution in [3.63, 3.8) is 0 Å². The summed E-state index contributed by atoms with van der Waals surface area (Å²) < 4.78 is 1.55.